The number of carbonyl (C=O) groups is 3. The summed E-state index contributed by atoms with van der Waals surface area (Å²) in [7, 11) is 0. The first kappa shape index (κ1) is 28.0. The molecule has 0 unspecified atom stereocenters. The van der Waals surface area contributed by atoms with Crippen LogP contribution in [0.3, 0.4) is 0 Å². The second-order valence-corrected chi connectivity index (χ2v) is 9.75. The van der Waals surface area contributed by atoms with Gasteiger partial charge in [0.05, 0.1) is 5.69 Å². The summed E-state index contributed by atoms with van der Waals surface area (Å²) in [4.78, 5) is 36.2. The van der Waals surface area contributed by atoms with E-state index in [-0.39, 0.29) is 38.0 Å². The highest BCUT2D eigenvalue weighted by atomic mass is 16.6. The molecule has 10 heteroatoms. The van der Waals surface area contributed by atoms with E-state index >= 15 is 0 Å². The second kappa shape index (κ2) is 13.1. The zero-order valence-corrected chi connectivity index (χ0v) is 22.5. The van der Waals surface area contributed by atoms with Gasteiger partial charge in [-0.15, -0.1) is 0 Å². The number of ether oxygens (including phenoxy) is 3. The number of alkyl carbamates (subject to hydrolysis) is 2. The highest BCUT2D eigenvalue weighted by Crippen LogP contribution is 2.36. The molecule has 0 fully saturated rings. The molecule has 0 saturated heterocycles. The predicted molar refractivity (Wildman–Crippen MR) is 136 cm³/mol. The predicted octanol–water partition coefficient (Wildman–Crippen LogP) is 3.96. The van der Waals surface area contributed by atoms with Crippen LogP contribution < -0.4 is 15.2 Å². The Balaban J connectivity index is 1.90. The van der Waals surface area contributed by atoms with Gasteiger partial charge in [-0.05, 0) is 47.0 Å². The van der Waals surface area contributed by atoms with Crippen molar-refractivity contribution in [2.24, 2.45) is 0 Å². The Kier molecular flexibility index (Phi) is 9.93. The second-order valence-electron chi connectivity index (χ2n) is 9.75. The minimum Gasteiger partial charge on any atom is -0.445 e. The van der Waals surface area contributed by atoms with Gasteiger partial charge in [0.15, 0.2) is 12.4 Å². The number of rotatable bonds is 11. The molecular weight excluding hydrogens is 476 g/mol. The van der Waals surface area contributed by atoms with Crippen molar-refractivity contribution >= 4 is 18.2 Å². The number of fused-ring (bicyclic) bond motifs is 1. The smallest absolute Gasteiger partial charge is 0.407 e. The summed E-state index contributed by atoms with van der Waals surface area (Å²) in [5.74, 6) is -0.228. The third-order valence-corrected chi connectivity index (χ3v) is 5.89. The molecule has 0 aromatic carbocycles. The van der Waals surface area contributed by atoms with E-state index in [2.05, 4.69) is 15.2 Å². The van der Waals surface area contributed by atoms with Crippen LogP contribution in [0.2, 0.25) is 0 Å². The normalized spacial score (nSPS) is 12.4. The van der Waals surface area contributed by atoms with E-state index in [1.54, 1.807) is 4.57 Å². The number of hydrogen-bond donors (Lipinski definition) is 2. The first-order valence-electron chi connectivity index (χ1n) is 12.9. The van der Waals surface area contributed by atoms with Gasteiger partial charge >= 0.3 is 18.2 Å². The molecule has 0 bridgehead atoms. The van der Waals surface area contributed by atoms with Gasteiger partial charge in [0.25, 0.3) is 6.73 Å². The average Bonchev–Trinajstić information content (AvgIpc) is 3.40. The third kappa shape index (κ3) is 7.71. The molecule has 0 radical (unpaired) electrons. The van der Waals surface area contributed by atoms with E-state index in [0.29, 0.717) is 6.42 Å². The van der Waals surface area contributed by atoms with Crippen LogP contribution in [0.5, 0.6) is 0 Å². The van der Waals surface area contributed by atoms with E-state index in [9.17, 15) is 14.4 Å². The molecule has 2 aromatic rings. The minimum absolute atomic E-state index is 0.0393. The highest BCUT2D eigenvalue weighted by molar-refractivity contribution is 5.71. The molecule has 0 aliphatic carbocycles. The topological polar surface area (TPSA) is 112 Å². The van der Waals surface area contributed by atoms with E-state index in [4.69, 9.17) is 14.2 Å². The Morgan fingerprint density at radius 1 is 0.946 bits per heavy atom. The number of hydrogen-bond acceptors (Lipinski definition) is 6. The number of pyridine rings is 1. The number of amides is 2. The number of carbonyl (C=O) groups excluding carboxylic acids is 3. The Morgan fingerprint density at radius 2 is 1.54 bits per heavy atom. The van der Waals surface area contributed by atoms with E-state index in [0.717, 1.165) is 53.9 Å². The van der Waals surface area contributed by atoms with E-state index < -0.39 is 12.2 Å². The maximum absolute atomic E-state index is 12.3. The highest BCUT2D eigenvalue weighted by Gasteiger charge is 2.28. The average molecular weight is 516 g/mol. The van der Waals surface area contributed by atoms with Crippen LogP contribution in [-0.4, -0.2) is 34.8 Å². The first-order chi connectivity index (χ1) is 17.7. The van der Waals surface area contributed by atoms with Gasteiger partial charge in [-0.2, -0.15) is 4.57 Å². The van der Waals surface area contributed by atoms with Gasteiger partial charge in [0, 0.05) is 59.6 Å². The molecule has 2 aromatic heterocycles. The maximum atomic E-state index is 12.3. The summed E-state index contributed by atoms with van der Waals surface area (Å²) in [6, 6.07) is 3.80. The number of nitrogens with zero attached hydrogens (tertiary/aromatic N) is 2. The molecule has 1 aliphatic rings. The van der Waals surface area contributed by atoms with E-state index in [1.165, 1.54) is 0 Å². The summed E-state index contributed by atoms with van der Waals surface area (Å²) in [5, 5.41) is 5.49. The zero-order valence-electron chi connectivity index (χ0n) is 22.5. The van der Waals surface area contributed by atoms with Crippen LogP contribution in [0.4, 0.5) is 9.59 Å². The molecule has 37 heavy (non-hydrogen) atoms. The van der Waals surface area contributed by atoms with Crippen LogP contribution in [-0.2, 0) is 51.9 Å². The minimum atomic E-state index is -0.503. The van der Waals surface area contributed by atoms with Crippen LogP contribution in [0.1, 0.15) is 70.7 Å². The van der Waals surface area contributed by atoms with Crippen LogP contribution in [0, 0.1) is 0 Å². The molecule has 1 aliphatic heterocycles. The van der Waals surface area contributed by atoms with Crippen molar-refractivity contribution in [2.45, 2.75) is 98.9 Å². The molecule has 10 nitrogen and oxygen atoms in total. The largest absolute Gasteiger partial charge is 0.445 e. The SMILES string of the molecule is CCCC(=O)OC[n+]1ccc(-c2c(COC(=O)NC(C)C)c(COC(=O)NC(C)C)c3n2CCC3)cc1. The van der Waals surface area contributed by atoms with Crippen molar-refractivity contribution in [2.75, 3.05) is 0 Å². The van der Waals surface area contributed by atoms with Crippen molar-refractivity contribution in [3.63, 3.8) is 0 Å². The van der Waals surface area contributed by atoms with Gasteiger partial charge in [-0.3, -0.25) is 4.79 Å². The molecule has 202 valence electrons. The summed E-state index contributed by atoms with van der Waals surface area (Å²) < 4.78 is 20.4. The van der Waals surface area contributed by atoms with Gasteiger partial charge in [-0.1, -0.05) is 6.92 Å². The Morgan fingerprint density at radius 3 is 2.11 bits per heavy atom. The van der Waals surface area contributed by atoms with Crippen LogP contribution in [0.15, 0.2) is 24.5 Å². The molecule has 2 amide bonds. The van der Waals surface area contributed by atoms with E-state index in [1.807, 2.05) is 59.1 Å². The molecule has 3 heterocycles. The van der Waals surface area contributed by atoms with Crippen molar-refractivity contribution in [1.82, 2.24) is 15.2 Å². The zero-order chi connectivity index (χ0) is 26.9. The Hall–Kier alpha value is -3.56. The molecule has 0 atom stereocenters. The van der Waals surface area contributed by atoms with Crippen molar-refractivity contribution in [3.8, 4) is 11.3 Å². The standard InChI is InChI=1S/C27H38N4O6/c1-6-8-24(32)37-17-30-13-10-20(11-14-30)25-22(16-36-27(34)29-19(4)5)21(23-9-7-12-31(23)25)15-35-26(33)28-18(2)3/h10-11,13-14,18-19H,6-9,12,15-17H2,1-5H3,(H-,28,29,33,34)/p+1. The molecule has 0 spiro atoms. The van der Waals surface area contributed by atoms with Crippen molar-refractivity contribution in [1.29, 1.82) is 0 Å². The monoisotopic (exact) mass is 515 g/mol. The lowest BCUT2D eigenvalue weighted by molar-refractivity contribution is -0.727. The van der Waals surface area contributed by atoms with Gasteiger partial charge in [-0.25, -0.2) is 9.59 Å². The van der Waals surface area contributed by atoms with Crippen molar-refractivity contribution in [3.05, 3.63) is 41.3 Å². The fourth-order valence-electron chi connectivity index (χ4n) is 4.33. The third-order valence-electron chi connectivity index (χ3n) is 5.89. The quantitative estimate of drug-likeness (QED) is 0.266. The summed E-state index contributed by atoms with van der Waals surface area (Å²) in [6.07, 6.45) is 5.67. The Bertz CT molecular complexity index is 1090. The lowest BCUT2D eigenvalue weighted by Gasteiger charge is -2.14. The molecule has 2 N–H and O–H groups in total. The van der Waals surface area contributed by atoms with Gasteiger partial charge < -0.3 is 29.4 Å². The lowest BCUT2D eigenvalue weighted by atomic mass is 10.0. The number of aromatic nitrogens is 2. The van der Waals surface area contributed by atoms with Crippen LogP contribution in [0.25, 0.3) is 11.3 Å². The fraction of sp³-hybridized carbons (Fsp3) is 0.556. The van der Waals surface area contributed by atoms with Crippen molar-refractivity contribution < 1.29 is 33.2 Å². The summed E-state index contributed by atoms with van der Waals surface area (Å²) in [5.41, 5.74) is 4.63. The number of esters is 1. The number of nitrogens with one attached hydrogen (secondary N) is 2. The van der Waals surface area contributed by atoms with Gasteiger partial charge in [0.2, 0.25) is 0 Å². The molecule has 0 saturated carbocycles. The van der Waals surface area contributed by atoms with Crippen LogP contribution >= 0.6 is 0 Å². The molecular formula is C27H39N4O6+. The Labute approximate surface area is 218 Å². The summed E-state index contributed by atoms with van der Waals surface area (Å²) in [6.45, 7) is 10.5. The molecule has 3 rings (SSSR count). The maximum Gasteiger partial charge on any atom is 0.407 e. The first-order valence-corrected chi connectivity index (χ1v) is 12.9. The lowest BCUT2D eigenvalue weighted by Crippen LogP contribution is -2.35. The fourth-order valence-corrected chi connectivity index (χ4v) is 4.33. The van der Waals surface area contributed by atoms with Gasteiger partial charge in [0.1, 0.15) is 13.2 Å². The summed E-state index contributed by atoms with van der Waals surface area (Å²) >= 11 is 0.